The Bertz CT molecular complexity index is 448. The van der Waals surface area contributed by atoms with Gasteiger partial charge < -0.3 is 10.1 Å². The molecule has 1 saturated heterocycles. The number of likely N-dealkylation sites (N-methyl/N-ethyl adjacent to an activating group) is 1. The van der Waals surface area contributed by atoms with Crippen LogP contribution in [-0.2, 0) is 11.2 Å². The summed E-state index contributed by atoms with van der Waals surface area (Å²) >= 11 is 0. The van der Waals surface area contributed by atoms with Crippen LogP contribution >= 0.6 is 0 Å². The first kappa shape index (κ1) is 14.1. The summed E-state index contributed by atoms with van der Waals surface area (Å²) in [4.78, 5) is 2.69. The molecule has 0 saturated carbocycles. The van der Waals surface area contributed by atoms with E-state index in [0.717, 1.165) is 26.3 Å². The van der Waals surface area contributed by atoms with E-state index in [-0.39, 0.29) is 0 Å². The molecule has 1 aromatic carbocycles. The van der Waals surface area contributed by atoms with Gasteiger partial charge in [-0.2, -0.15) is 0 Å². The minimum absolute atomic E-state index is 0.475. The molecule has 3 rings (SSSR count). The number of nitrogens with one attached hydrogen (secondary N) is 1. The van der Waals surface area contributed by atoms with E-state index < -0.39 is 0 Å². The molecule has 2 aliphatic rings. The Balaban J connectivity index is 1.85. The molecule has 1 heterocycles. The number of hydrogen-bond acceptors (Lipinski definition) is 3. The average molecular weight is 274 g/mol. The van der Waals surface area contributed by atoms with Gasteiger partial charge in [0.1, 0.15) is 0 Å². The monoisotopic (exact) mass is 274 g/mol. The van der Waals surface area contributed by atoms with Gasteiger partial charge in [-0.1, -0.05) is 38.1 Å². The van der Waals surface area contributed by atoms with E-state index in [9.17, 15) is 0 Å². The van der Waals surface area contributed by atoms with Gasteiger partial charge in [0.15, 0.2) is 0 Å². The highest BCUT2D eigenvalue weighted by atomic mass is 16.5. The van der Waals surface area contributed by atoms with Crippen LogP contribution in [0, 0.1) is 0 Å². The summed E-state index contributed by atoms with van der Waals surface area (Å²) in [5.41, 5.74) is 3.02. The van der Waals surface area contributed by atoms with E-state index in [2.05, 4.69) is 48.3 Å². The van der Waals surface area contributed by atoms with Crippen molar-refractivity contribution < 1.29 is 4.74 Å². The number of rotatable bonds is 4. The van der Waals surface area contributed by atoms with Crippen molar-refractivity contribution >= 4 is 0 Å². The number of nitrogens with zero attached hydrogens (tertiary/aromatic N) is 1. The fourth-order valence-corrected chi connectivity index (χ4v) is 3.81. The van der Waals surface area contributed by atoms with Crippen LogP contribution < -0.4 is 5.32 Å². The molecule has 3 nitrogen and oxygen atoms in total. The van der Waals surface area contributed by atoms with Gasteiger partial charge in [-0.3, -0.25) is 4.90 Å². The highest BCUT2D eigenvalue weighted by Gasteiger charge is 2.38. The number of hydrogen-bond donors (Lipinski definition) is 1. The molecule has 1 aromatic rings. The predicted molar refractivity (Wildman–Crippen MR) is 82.0 cm³/mol. The van der Waals surface area contributed by atoms with Crippen LogP contribution in [0.25, 0.3) is 0 Å². The minimum atomic E-state index is 0.475. The van der Waals surface area contributed by atoms with Gasteiger partial charge in [0.25, 0.3) is 0 Å². The van der Waals surface area contributed by atoms with E-state index in [1.807, 2.05) is 0 Å². The van der Waals surface area contributed by atoms with Crippen molar-refractivity contribution in [2.75, 3.05) is 26.3 Å². The molecule has 0 aromatic heterocycles. The molecule has 1 aliphatic carbocycles. The Morgan fingerprint density at radius 2 is 2.15 bits per heavy atom. The highest BCUT2D eigenvalue weighted by Crippen LogP contribution is 2.36. The molecule has 0 bridgehead atoms. The van der Waals surface area contributed by atoms with Crippen LogP contribution in [-0.4, -0.2) is 43.3 Å². The first-order valence-corrected chi connectivity index (χ1v) is 7.99. The normalized spacial score (nSPS) is 30.4. The summed E-state index contributed by atoms with van der Waals surface area (Å²) in [6.45, 7) is 8.34. The second-order valence-electron chi connectivity index (χ2n) is 5.88. The molecular weight excluding hydrogens is 248 g/mol. The van der Waals surface area contributed by atoms with Crippen LogP contribution in [0.3, 0.4) is 0 Å². The van der Waals surface area contributed by atoms with Crippen molar-refractivity contribution in [3.63, 3.8) is 0 Å². The lowest BCUT2D eigenvalue weighted by atomic mass is 10.0. The lowest BCUT2D eigenvalue weighted by Gasteiger charge is -2.41. The third-order valence-corrected chi connectivity index (χ3v) is 4.80. The van der Waals surface area contributed by atoms with Crippen molar-refractivity contribution in [3.05, 3.63) is 35.4 Å². The molecule has 3 unspecified atom stereocenters. The summed E-state index contributed by atoms with van der Waals surface area (Å²) in [6.07, 6.45) is 2.34. The maximum Gasteiger partial charge on any atom is 0.0622 e. The zero-order valence-electron chi connectivity index (χ0n) is 12.6. The van der Waals surface area contributed by atoms with Crippen LogP contribution in [0.1, 0.15) is 37.4 Å². The molecule has 20 heavy (non-hydrogen) atoms. The molecule has 0 radical (unpaired) electrons. The fourth-order valence-electron chi connectivity index (χ4n) is 3.81. The van der Waals surface area contributed by atoms with Crippen molar-refractivity contribution in [2.45, 2.75) is 44.8 Å². The van der Waals surface area contributed by atoms with Crippen LogP contribution in [0.5, 0.6) is 0 Å². The summed E-state index contributed by atoms with van der Waals surface area (Å²) < 4.78 is 5.67. The molecular formula is C17H26N2O. The van der Waals surface area contributed by atoms with Crippen molar-refractivity contribution in [3.8, 4) is 0 Å². The van der Waals surface area contributed by atoms with Gasteiger partial charge >= 0.3 is 0 Å². The Kier molecular flexibility index (Phi) is 4.39. The lowest BCUT2D eigenvalue weighted by molar-refractivity contribution is -0.0351. The number of ether oxygens (including phenoxy) is 1. The predicted octanol–water partition coefficient (Wildman–Crippen LogP) is 2.37. The van der Waals surface area contributed by atoms with E-state index in [4.69, 9.17) is 4.74 Å². The Hall–Kier alpha value is -0.900. The lowest BCUT2D eigenvalue weighted by Crippen LogP contribution is -2.53. The van der Waals surface area contributed by atoms with E-state index in [0.29, 0.717) is 18.1 Å². The highest BCUT2D eigenvalue weighted by molar-refractivity contribution is 5.37. The second kappa shape index (κ2) is 6.25. The van der Waals surface area contributed by atoms with Gasteiger partial charge in [-0.05, 0) is 30.5 Å². The summed E-state index contributed by atoms with van der Waals surface area (Å²) in [7, 11) is 0. The van der Waals surface area contributed by atoms with Gasteiger partial charge in [0.2, 0.25) is 0 Å². The number of benzene rings is 1. The number of morpholine rings is 1. The second-order valence-corrected chi connectivity index (χ2v) is 5.88. The third-order valence-electron chi connectivity index (χ3n) is 4.80. The fraction of sp³-hybridized carbons (Fsp3) is 0.647. The van der Waals surface area contributed by atoms with Crippen molar-refractivity contribution in [1.29, 1.82) is 0 Å². The SMILES string of the molecule is CCNC1c2ccccc2CC1N1CCOCC1CC. The Labute approximate surface area is 122 Å². The maximum atomic E-state index is 5.67. The van der Waals surface area contributed by atoms with Gasteiger partial charge in [0, 0.05) is 24.7 Å². The topological polar surface area (TPSA) is 24.5 Å². The Morgan fingerprint density at radius 1 is 1.30 bits per heavy atom. The van der Waals surface area contributed by atoms with Crippen LogP contribution in [0.15, 0.2) is 24.3 Å². The van der Waals surface area contributed by atoms with Crippen molar-refractivity contribution in [1.82, 2.24) is 10.2 Å². The smallest absolute Gasteiger partial charge is 0.0622 e. The van der Waals surface area contributed by atoms with E-state index in [1.54, 1.807) is 0 Å². The zero-order chi connectivity index (χ0) is 13.9. The van der Waals surface area contributed by atoms with Crippen molar-refractivity contribution in [2.24, 2.45) is 0 Å². The summed E-state index contributed by atoms with van der Waals surface area (Å²) in [5, 5.41) is 3.71. The van der Waals surface area contributed by atoms with Gasteiger partial charge in [0.05, 0.1) is 13.2 Å². The maximum absolute atomic E-state index is 5.67. The quantitative estimate of drug-likeness (QED) is 0.912. The van der Waals surface area contributed by atoms with Crippen LogP contribution in [0.2, 0.25) is 0 Å². The zero-order valence-corrected chi connectivity index (χ0v) is 12.6. The molecule has 0 amide bonds. The standard InChI is InChI=1S/C17H26N2O/c1-3-14-12-20-10-9-19(14)16-11-13-7-5-6-8-15(13)17(16)18-4-2/h5-8,14,16-18H,3-4,9-12H2,1-2H3. The van der Waals surface area contributed by atoms with E-state index >= 15 is 0 Å². The largest absolute Gasteiger partial charge is 0.378 e. The molecule has 3 heteroatoms. The Morgan fingerprint density at radius 3 is 2.95 bits per heavy atom. The summed E-state index contributed by atoms with van der Waals surface area (Å²) in [6, 6.07) is 10.6. The molecule has 1 aliphatic heterocycles. The molecule has 0 spiro atoms. The first-order chi connectivity index (χ1) is 9.85. The van der Waals surface area contributed by atoms with Gasteiger partial charge in [-0.15, -0.1) is 0 Å². The van der Waals surface area contributed by atoms with E-state index in [1.165, 1.54) is 24.0 Å². The molecule has 1 fully saturated rings. The first-order valence-electron chi connectivity index (χ1n) is 7.99. The molecule has 110 valence electrons. The number of fused-ring (bicyclic) bond motifs is 1. The van der Waals surface area contributed by atoms with Crippen LogP contribution in [0.4, 0.5) is 0 Å². The van der Waals surface area contributed by atoms with Gasteiger partial charge in [-0.25, -0.2) is 0 Å². The summed E-state index contributed by atoms with van der Waals surface area (Å²) in [5.74, 6) is 0. The average Bonchev–Trinajstić information content (AvgIpc) is 2.86. The minimum Gasteiger partial charge on any atom is -0.378 e. The molecule has 1 N–H and O–H groups in total. The molecule has 3 atom stereocenters. The third kappa shape index (κ3) is 2.50.